The molecule has 0 bridgehead atoms. The first-order valence-electron chi connectivity index (χ1n) is 8.97. The van der Waals surface area contributed by atoms with Gasteiger partial charge in [0, 0.05) is 7.11 Å². The van der Waals surface area contributed by atoms with E-state index in [0.717, 1.165) is 0 Å². The van der Waals surface area contributed by atoms with Gasteiger partial charge in [-0.1, -0.05) is 0 Å². The lowest BCUT2D eigenvalue weighted by Crippen LogP contribution is -2.51. The first kappa shape index (κ1) is 21.4. The van der Waals surface area contributed by atoms with E-state index >= 15 is 0 Å². The summed E-state index contributed by atoms with van der Waals surface area (Å²) in [6.07, 6.45) is -1.41. The van der Waals surface area contributed by atoms with Gasteiger partial charge in [0.25, 0.3) is 0 Å². The minimum Gasteiger partial charge on any atom is -0.444 e. The van der Waals surface area contributed by atoms with E-state index in [4.69, 9.17) is 23.7 Å². The highest BCUT2D eigenvalue weighted by Crippen LogP contribution is 2.41. The number of aliphatic hydroxyl groups is 1. The molecule has 2 heterocycles. The van der Waals surface area contributed by atoms with Crippen LogP contribution in [0.5, 0.6) is 0 Å². The highest BCUT2D eigenvalue weighted by Gasteiger charge is 2.60. The third-order valence-electron chi connectivity index (χ3n) is 4.52. The summed E-state index contributed by atoms with van der Waals surface area (Å²) in [5.41, 5.74) is -0.660. The van der Waals surface area contributed by atoms with Crippen LogP contribution in [0, 0.1) is 0 Å². The summed E-state index contributed by atoms with van der Waals surface area (Å²) in [4.78, 5) is 14.3. The molecule has 152 valence electrons. The van der Waals surface area contributed by atoms with Gasteiger partial charge in [-0.3, -0.25) is 4.90 Å². The smallest absolute Gasteiger partial charge is 0.411 e. The van der Waals surface area contributed by atoms with Gasteiger partial charge in [0.15, 0.2) is 11.6 Å². The van der Waals surface area contributed by atoms with Crippen LogP contribution in [0.3, 0.4) is 0 Å². The van der Waals surface area contributed by atoms with Crippen molar-refractivity contribution in [2.75, 3.05) is 20.3 Å². The topological polar surface area (TPSA) is 86.7 Å². The Morgan fingerprint density at radius 2 is 1.65 bits per heavy atom. The van der Waals surface area contributed by atoms with Crippen molar-refractivity contribution < 1.29 is 33.6 Å². The van der Waals surface area contributed by atoms with Crippen LogP contribution >= 0.6 is 0 Å². The molecule has 2 saturated heterocycles. The van der Waals surface area contributed by atoms with Crippen LogP contribution in [0.1, 0.15) is 48.5 Å². The normalized spacial score (nSPS) is 31.2. The molecular weight excluding hydrogens is 342 g/mol. The molecule has 0 aliphatic carbocycles. The van der Waals surface area contributed by atoms with Crippen LogP contribution in [0.15, 0.2) is 0 Å². The van der Waals surface area contributed by atoms with Crippen molar-refractivity contribution in [2.24, 2.45) is 0 Å². The number of amides is 1. The lowest BCUT2D eigenvalue weighted by molar-refractivity contribution is -0.214. The molecule has 2 rings (SSSR count). The highest BCUT2D eigenvalue weighted by atomic mass is 16.8. The second-order valence-electron chi connectivity index (χ2n) is 8.68. The second-order valence-corrected chi connectivity index (χ2v) is 8.68. The van der Waals surface area contributed by atoms with Crippen molar-refractivity contribution in [2.45, 2.75) is 89.9 Å². The summed E-state index contributed by atoms with van der Waals surface area (Å²) in [5, 5.41) is 9.94. The summed E-state index contributed by atoms with van der Waals surface area (Å²) >= 11 is 0. The summed E-state index contributed by atoms with van der Waals surface area (Å²) in [7, 11) is 1.55. The summed E-state index contributed by atoms with van der Waals surface area (Å²) in [5.74, 6) is -1.61. The van der Waals surface area contributed by atoms with E-state index in [1.54, 1.807) is 41.7 Å². The van der Waals surface area contributed by atoms with Gasteiger partial charge in [-0.25, -0.2) is 4.79 Å². The van der Waals surface area contributed by atoms with Gasteiger partial charge in [0.2, 0.25) is 0 Å². The van der Waals surface area contributed by atoms with E-state index < -0.39 is 47.6 Å². The van der Waals surface area contributed by atoms with E-state index in [2.05, 4.69) is 0 Å². The molecule has 2 aliphatic heterocycles. The van der Waals surface area contributed by atoms with Gasteiger partial charge < -0.3 is 28.8 Å². The predicted octanol–water partition coefficient (Wildman–Crippen LogP) is 1.89. The largest absolute Gasteiger partial charge is 0.444 e. The Kier molecular flexibility index (Phi) is 5.95. The number of methoxy groups -OCH3 is 1. The first-order valence-corrected chi connectivity index (χ1v) is 8.97. The molecule has 2 fully saturated rings. The molecule has 0 saturated carbocycles. The second kappa shape index (κ2) is 7.24. The average molecular weight is 375 g/mol. The van der Waals surface area contributed by atoms with E-state index in [1.165, 1.54) is 4.90 Å². The fourth-order valence-electron chi connectivity index (χ4n) is 3.27. The fourth-order valence-corrected chi connectivity index (χ4v) is 3.27. The lowest BCUT2D eigenvalue weighted by atomic mass is 10.1. The minimum absolute atomic E-state index is 0.164. The molecule has 1 N–H and O–H groups in total. The molecule has 8 nitrogen and oxygen atoms in total. The summed E-state index contributed by atoms with van der Waals surface area (Å²) in [6, 6.07) is -1.04. The zero-order chi connectivity index (χ0) is 19.9. The van der Waals surface area contributed by atoms with Crippen molar-refractivity contribution in [3.63, 3.8) is 0 Å². The maximum Gasteiger partial charge on any atom is 0.411 e. The lowest BCUT2D eigenvalue weighted by Gasteiger charge is -2.36. The Bertz CT molecular complexity index is 514. The Morgan fingerprint density at radius 3 is 2.12 bits per heavy atom. The van der Waals surface area contributed by atoms with Crippen LogP contribution < -0.4 is 0 Å². The molecule has 4 atom stereocenters. The molecule has 0 aromatic carbocycles. The van der Waals surface area contributed by atoms with Crippen molar-refractivity contribution >= 4 is 6.09 Å². The van der Waals surface area contributed by atoms with Crippen molar-refractivity contribution in [3.8, 4) is 0 Å². The number of aliphatic hydroxyl groups excluding tert-OH is 1. The quantitative estimate of drug-likeness (QED) is 0.734. The Balaban J connectivity index is 2.28. The number of hydrogen-bond acceptors (Lipinski definition) is 7. The van der Waals surface area contributed by atoms with E-state index in [9.17, 15) is 9.90 Å². The molecule has 8 heteroatoms. The predicted molar refractivity (Wildman–Crippen MR) is 93.6 cm³/mol. The Labute approximate surface area is 155 Å². The van der Waals surface area contributed by atoms with Gasteiger partial charge in [-0.2, -0.15) is 0 Å². The number of likely N-dealkylation sites (tertiary alicyclic amines) is 1. The van der Waals surface area contributed by atoms with Gasteiger partial charge in [-0.15, -0.1) is 0 Å². The van der Waals surface area contributed by atoms with Crippen LogP contribution in [-0.2, 0) is 23.7 Å². The van der Waals surface area contributed by atoms with Crippen LogP contribution in [0.2, 0.25) is 0 Å². The molecule has 0 aromatic rings. The summed E-state index contributed by atoms with van der Waals surface area (Å²) in [6.45, 7) is 12.5. The number of carbonyl (C=O) groups is 1. The van der Waals surface area contributed by atoms with Crippen LogP contribution in [0.25, 0.3) is 0 Å². The number of rotatable bonds is 5. The van der Waals surface area contributed by atoms with Crippen LogP contribution in [-0.4, -0.2) is 77.9 Å². The molecule has 1 amide bonds. The standard InChI is InChI=1S/C18H33NO7/c1-16(2,3)26-15(21)19-11(9-20)13-14(25-18(6,7)24-13)12(19)10-23-17(4,5)22-8/h11-14,20H,9-10H2,1-8H3/t11-,12-,13+,14-/m1/s1. The molecule has 0 aromatic heterocycles. The van der Waals surface area contributed by atoms with Gasteiger partial charge in [0.05, 0.1) is 25.3 Å². The van der Waals surface area contributed by atoms with Gasteiger partial charge in [0.1, 0.15) is 17.8 Å². The summed E-state index contributed by atoms with van der Waals surface area (Å²) < 4.78 is 28.7. The molecule has 26 heavy (non-hydrogen) atoms. The molecule has 0 radical (unpaired) electrons. The average Bonchev–Trinajstić information content (AvgIpc) is 2.93. The maximum absolute atomic E-state index is 12.8. The van der Waals surface area contributed by atoms with Crippen molar-refractivity contribution in [1.29, 1.82) is 0 Å². The highest BCUT2D eigenvalue weighted by molar-refractivity contribution is 5.70. The van der Waals surface area contributed by atoms with Gasteiger partial charge >= 0.3 is 6.09 Å². The van der Waals surface area contributed by atoms with E-state index in [1.807, 2.05) is 13.8 Å². The molecule has 2 aliphatic rings. The maximum atomic E-state index is 12.8. The molecule has 0 spiro atoms. The van der Waals surface area contributed by atoms with E-state index in [-0.39, 0.29) is 13.2 Å². The zero-order valence-electron chi connectivity index (χ0n) is 17.1. The third-order valence-corrected chi connectivity index (χ3v) is 4.52. The Morgan fingerprint density at radius 1 is 1.12 bits per heavy atom. The molecular formula is C18H33NO7. The number of nitrogens with zero attached hydrogens (tertiary/aromatic N) is 1. The number of ether oxygens (including phenoxy) is 5. The van der Waals surface area contributed by atoms with Crippen molar-refractivity contribution in [3.05, 3.63) is 0 Å². The Hall–Kier alpha value is -0.930. The SMILES string of the molecule is COC(C)(C)OC[C@@H]1[C@H]2OC(C)(C)O[C@H]2[C@@H](CO)N1C(=O)OC(C)(C)C. The number of hydrogen-bond donors (Lipinski definition) is 1. The third kappa shape index (κ3) is 4.67. The zero-order valence-corrected chi connectivity index (χ0v) is 17.1. The first-order chi connectivity index (χ1) is 11.8. The van der Waals surface area contributed by atoms with Crippen LogP contribution in [0.4, 0.5) is 4.79 Å². The monoisotopic (exact) mass is 375 g/mol. The fraction of sp³-hybridized carbons (Fsp3) is 0.944. The van der Waals surface area contributed by atoms with E-state index in [0.29, 0.717) is 0 Å². The molecule has 0 unspecified atom stereocenters. The number of carbonyl (C=O) groups excluding carboxylic acids is 1. The number of fused-ring (bicyclic) bond motifs is 1. The van der Waals surface area contributed by atoms with Gasteiger partial charge in [-0.05, 0) is 48.5 Å². The minimum atomic E-state index is -0.818. The van der Waals surface area contributed by atoms with Crippen molar-refractivity contribution in [1.82, 2.24) is 4.90 Å².